The van der Waals surface area contributed by atoms with Crippen molar-refractivity contribution >= 4 is 16.0 Å². The Labute approximate surface area is 128 Å². The van der Waals surface area contributed by atoms with Crippen molar-refractivity contribution in [1.82, 2.24) is 10.4 Å². The molecule has 7 nitrogen and oxygen atoms in total. The summed E-state index contributed by atoms with van der Waals surface area (Å²) in [6.45, 7) is 0.433. The number of carbonyl (C=O) groups excluding carboxylic acids is 1. The van der Waals surface area contributed by atoms with Crippen LogP contribution in [0, 0.1) is 0 Å². The molecule has 0 fully saturated rings. The summed E-state index contributed by atoms with van der Waals surface area (Å²) in [5.74, 6) is -0.692. The summed E-state index contributed by atoms with van der Waals surface area (Å²) >= 11 is 0. The highest BCUT2D eigenvalue weighted by molar-refractivity contribution is 7.85. The predicted octanol–water partition coefficient (Wildman–Crippen LogP) is 0.187. The van der Waals surface area contributed by atoms with Crippen LogP contribution in [0.15, 0.2) is 48.8 Å². The van der Waals surface area contributed by atoms with Gasteiger partial charge < -0.3 is 5.32 Å². The molecular weight excluding hydrogens is 306 g/mol. The van der Waals surface area contributed by atoms with Gasteiger partial charge >= 0.3 is 0 Å². The second-order valence-corrected chi connectivity index (χ2v) is 6.21. The number of rotatable bonds is 6. The Balaban J connectivity index is 1.91. The first-order valence-electron chi connectivity index (χ1n) is 6.57. The van der Waals surface area contributed by atoms with Crippen molar-refractivity contribution in [2.24, 2.45) is 0 Å². The molecule has 1 aromatic carbocycles. The molecule has 0 radical (unpaired) electrons. The standard InChI is InChI=1S/C14H15N3O4S/c18-14(15-10-12-4-2-1-3-5-12)13-6-7-17(16-11-13)8-9-22(19,20)21/h1-7,11H,8-10H2,(H-,15,18,19,20,21)/p+1. The molecule has 22 heavy (non-hydrogen) atoms. The third-order valence-corrected chi connectivity index (χ3v) is 3.61. The van der Waals surface area contributed by atoms with Gasteiger partial charge in [-0.15, -0.1) is 0 Å². The quantitative estimate of drug-likeness (QED) is 0.584. The van der Waals surface area contributed by atoms with Crippen LogP contribution in [0.5, 0.6) is 0 Å². The lowest BCUT2D eigenvalue weighted by Gasteiger charge is -2.04. The van der Waals surface area contributed by atoms with Gasteiger partial charge in [-0.1, -0.05) is 35.0 Å². The normalized spacial score (nSPS) is 11.1. The van der Waals surface area contributed by atoms with E-state index in [9.17, 15) is 13.2 Å². The number of carbonyl (C=O) groups is 1. The van der Waals surface area contributed by atoms with Gasteiger partial charge in [-0.25, -0.2) is 0 Å². The zero-order valence-corrected chi connectivity index (χ0v) is 12.5. The molecule has 1 aromatic heterocycles. The van der Waals surface area contributed by atoms with Crippen molar-refractivity contribution in [2.45, 2.75) is 13.1 Å². The fraction of sp³-hybridized carbons (Fsp3) is 0.214. The molecule has 0 spiro atoms. The van der Waals surface area contributed by atoms with E-state index in [0.717, 1.165) is 5.56 Å². The third-order valence-electron chi connectivity index (χ3n) is 2.91. The van der Waals surface area contributed by atoms with E-state index in [1.807, 2.05) is 30.3 Å². The van der Waals surface area contributed by atoms with Crippen molar-refractivity contribution in [3.63, 3.8) is 0 Å². The van der Waals surface area contributed by atoms with Gasteiger partial charge in [-0.05, 0) is 10.7 Å². The zero-order chi connectivity index (χ0) is 16.0. The Hall–Kier alpha value is -2.32. The van der Waals surface area contributed by atoms with Gasteiger partial charge in [0.25, 0.3) is 16.0 Å². The van der Waals surface area contributed by atoms with Gasteiger partial charge in [-0.2, -0.15) is 8.42 Å². The number of hydrogen-bond acceptors (Lipinski definition) is 4. The van der Waals surface area contributed by atoms with E-state index in [2.05, 4.69) is 10.4 Å². The molecule has 2 N–H and O–H groups in total. The molecule has 1 heterocycles. The average molecular weight is 322 g/mol. The minimum atomic E-state index is -4.03. The summed E-state index contributed by atoms with van der Waals surface area (Å²) < 4.78 is 31.3. The van der Waals surface area contributed by atoms with Crippen LogP contribution in [0.2, 0.25) is 0 Å². The van der Waals surface area contributed by atoms with E-state index in [1.165, 1.54) is 23.1 Å². The van der Waals surface area contributed by atoms with Crippen LogP contribution in [0.1, 0.15) is 15.9 Å². The smallest absolute Gasteiger partial charge is 0.271 e. The van der Waals surface area contributed by atoms with Gasteiger partial charge in [0.05, 0.1) is 5.56 Å². The third kappa shape index (κ3) is 5.23. The molecule has 2 aromatic rings. The Bertz CT molecular complexity index is 730. The van der Waals surface area contributed by atoms with Gasteiger partial charge in [0.1, 0.15) is 11.9 Å². The summed E-state index contributed by atoms with van der Waals surface area (Å²) in [7, 11) is -4.03. The van der Waals surface area contributed by atoms with E-state index >= 15 is 0 Å². The molecule has 0 saturated carbocycles. The second kappa shape index (κ2) is 7.10. The van der Waals surface area contributed by atoms with Crippen molar-refractivity contribution in [1.29, 1.82) is 0 Å². The zero-order valence-electron chi connectivity index (χ0n) is 11.7. The lowest BCUT2D eigenvalue weighted by atomic mass is 10.2. The highest BCUT2D eigenvalue weighted by atomic mass is 32.2. The Kier molecular flexibility index (Phi) is 5.18. The number of aromatic nitrogens is 2. The first kappa shape index (κ1) is 16.1. The highest BCUT2D eigenvalue weighted by Gasteiger charge is 2.13. The van der Waals surface area contributed by atoms with Crippen LogP contribution in [0.4, 0.5) is 0 Å². The van der Waals surface area contributed by atoms with Crippen molar-refractivity contribution in [3.05, 3.63) is 59.9 Å². The number of nitrogens with zero attached hydrogens (tertiary/aromatic N) is 2. The Morgan fingerprint density at radius 1 is 1.23 bits per heavy atom. The molecule has 8 heteroatoms. The van der Waals surface area contributed by atoms with E-state index < -0.39 is 15.9 Å². The first-order valence-corrected chi connectivity index (χ1v) is 8.18. The maximum Gasteiger partial charge on any atom is 0.271 e. The van der Waals surface area contributed by atoms with Crippen LogP contribution in [-0.2, 0) is 23.2 Å². The van der Waals surface area contributed by atoms with Crippen LogP contribution in [0.25, 0.3) is 0 Å². The summed E-state index contributed by atoms with van der Waals surface area (Å²) in [4.78, 5) is 12.0. The van der Waals surface area contributed by atoms with E-state index in [-0.39, 0.29) is 12.5 Å². The second-order valence-electron chi connectivity index (χ2n) is 4.63. The molecule has 116 valence electrons. The fourth-order valence-electron chi connectivity index (χ4n) is 1.74. The van der Waals surface area contributed by atoms with Crippen molar-refractivity contribution in [2.75, 3.05) is 5.75 Å². The van der Waals surface area contributed by atoms with Gasteiger partial charge in [0.15, 0.2) is 12.7 Å². The molecule has 0 atom stereocenters. The molecule has 0 aliphatic carbocycles. The lowest BCUT2D eigenvalue weighted by Crippen LogP contribution is -2.41. The Morgan fingerprint density at radius 3 is 2.55 bits per heavy atom. The number of amides is 1. The molecule has 2 rings (SSSR count). The summed E-state index contributed by atoms with van der Waals surface area (Å²) in [5.41, 5.74) is 1.36. The lowest BCUT2D eigenvalue weighted by molar-refractivity contribution is -0.750. The highest BCUT2D eigenvalue weighted by Crippen LogP contribution is 1.99. The SMILES string of the molecule is O=C(NCc1ccccc1)c1cc[n+](CCS(=O)(=O)O)nc1. The molecule has 0 aliphatic rings. The van der Waals surface area contributed by atoms with E-state index in [1.54, 1.807) is 0 Å². The maximum atomic E-state index is 12.0. The van der Waals surface area contributed by atoms with Crippen molar-refractivity contribution in [3.8, 4) is 0 Å². The number of nitrogens with one attached hydrogen (secondary N) is 1. The first-order chi connectivity index (χ1) is 10.4. The summed E-state index contributed by atoms with van der Waals surface area (Å²) in [6.07, 6.45) is 2.84. The topological polar surface area (TPSA) is 100 Å². The van der Waals surface area contributed by atoms with E-state index in [0.29, 0.717) is 12.1 Å². The number of hydrogen-bond donors (Lipinski definition) is 2. The van der Waals surface area contributed by atoms with Crippen LogP contribution >= 0.6 is 0 Å². The summed E-state index contributed by atoms with van der Waals surface area (Å²) in [6, 6.07) is 11.0. The Morgan fingerprint density at radius 2 is 1.95 bits per heavy atom. The van der Waals surface area contributed by atoms with Gasteiger partial charge in [0, 0.05) is 12.6 Å². The molecule has 0 aliphatic heterocycles. The summed E-state index contributed by atoms with van der Waals surface area (Å²) in [5, 5.41) is 6.70. The predicted molar refractivity (Wildman–Crippen MR) is 78.5 cm³/mol. The molecule has 0 saturated heterocycles. The van der Waals surface area contributed by atoms with Crippen molar-refractivity contribution < 1.29 is 22.4 Å². The molecule has 0 bridgehead atoms. The fourth-order valence-corrected chi connectivity index (χ4v) is 2.16. The number of aryl methyl sites for hydroxylation is 1. The minimum absolute atomic E-state index is 0.0186. The molecule has 0 unspecified atom stereocenters. The van der Waals surface area contributed by atoms with Gasteiger partial charge in [-0.3, -0.25) is 9.35 Å². The largest absolute Gasteiger partial charge is 0.348 e. The van der Waals surface area contributed by atoms with Crippen LogP contribution in [-0.4, -0.2) is 29.7 Å². The van der Waals surface area contributed by atoms with Crippen LogP contribution < -0.4 is 10.00 Å². The monoisotopic (exact) mass is 322 g/mol. The minimum Gasteiger partial charge on any atom is -0.348 e. The average Bonchev–Trinajstić information content (AvgIpc) is 2.51. The van der Waals surface area contributed by atoms with E-state index in [4.69, 9.17) is 4.55 Å². The number of benzene rings is 1. The molecule has 1 amide bonds. The van der Waals surface area contributed by atoms with Gasteiger partial charge in [0.2, 0.25) is 0 Å². The molecular formula is C14H16N3O4S+. The maximum absolute atomic E-state index is 12.0. The van der Waals surface area contributed by atoms with Crippen LogP contribution in [0.3, 0.4) is 0 Å².